The van der Waals surface area contributed by atoms with Gasteiger partial charge in [-0.2, -0.15) is 0 Å². The SMILES string of the molecule is CC1CCCC1NC(=O)NC1C2CCC(C2)C1CO. The van der Waals surface area contributed by atoms with Crippen LogP contribution in [0.2, 0.25) is 0 Å². The normalized spacial score (nSPS) is 44.5. The lowest BCUT2D eigenvalue weighted by Gasteiger charge is -2.31. The van der Waals surface area contributed by atoms with E-state index in [4.69, 9.17) is 0 Å². The van der Waals surface area contributed by atoms with Crippen LogP contribution in [0.15, 0.2) is 0 Å². The van der Waals surface area contributed by atoms with Crippen LogP contribution in [0.4, 0.5) is 4.79 Å². The van der Waals surface area contributed by atoms with Gasteiger partial charge in [0.1, 0.15) is 0 Å². The van der Waals surface area contributed by atoms with Crippen LogP contribution in [0.3, 0.4) is 0 Å². The van der Waals surface area contributed by atoms with Gasteiger partial charge in [-0.05, 0) is 49.9 Å². The first-order chi connectivity index (χ1) is 9.19. The maximum atomic E-state index is 12.1. The second-order valence-electron chi connectivity index (χ2n) is 6.84. The van der Waals surface area contributed by atoms with Crippen LogP contribution in [0.5, 0.6) is 0 Å². The molecule has 3 saturated carbocycles. The van der Waals surface area contributed by atoms with Gasteiger partial charge in [0.05, 0.1) is 0 Å². The Hall–Kier alpha value is -0.770. The molecule has 2 bridgehead atoms. The van der Waals surface area contributed by atoms with Crippen LogP contribution in [-0.4, -0.2) is 29.8 Å². The number of amides is 2. The molecule has 6 atom stereocenters. The molecule has 108 valence electrons. The minimum absolute atomic E-state index is 0.0188. The Morgan fingerprint density at radius 3 is 2.63 bits per heavy atom. The van der Waals surface area contributed by atoms with E-state index < -0.39 is 0 Å². The van der Waals surface area contributed by atoms with Crippen LogP contribution >= 0.6 is 0 Å². The molecule has 3 aliphatic carbocycles. The number of hydrogen-bond acceptors (Lipinski definition) is 2. The van der Waals surface area contributed by atoms with E-state index in [0.717, 1.165) is 6.42 Å². The Labute approximate surface area is 115 Å². The average Bonchev–Trinajstić information content (AvgIpc) is 3.06. The quantitative estimate of drug-likeness (QED) is 0.730. The lowest BCUT2D eigenvalue weighted by Crippen LogP contribution is -2.51. The van der Waals surface area contributed by atoms with Crippen molar-refractivity contribution in [2.75, 3.05) is 6.61 Å². The molecule has 0 aromatic carbocycles. The highest BCUT2D eigenvalue weighted by molar-refractivity contribution is 5.74. The Kier molecular flexibility index (Phi) is 3.70. The number of aliphatic hydroxyl groups excluding tert-OH is 1. The number of rotatable bonds is 3. The molecule has 3 rings (SSSR count). The zero-order chi connectivity index (χ0) is 13.4. The number of aliphatic hydroxyl groups is 1. The first-order valence-electron chi connectivity index (χ1n) is 7.87. The third-order valence-corrected chi connectivity index (χ3v) is 5.77. The van der Waals surface area contributed by atoms with Gasteiger partial charge in [0.2, 0.25) is 0 Å². The van der Waals surface area contributed by atoms with E-state index in [0.29, 0.717) is 23.8 Å². The van der Waals surface area contributed by atoms with E-state index in [1.807, 2.05) is 0 Å². The van der Waals surface area contributed by atoms with Crippen molar-refractivity contribution >= 4 is 6.03 Å². The van der Waals surface area contributed by atoms with Crippen molar-refractivity contribution in [1.29, 1.82) is 0 Å². The van der Waals surface area contributed by atoms with Crippen molar-refractivity contribution in [1.82, 2.24) is 10.6 Å². The first-order valence-corrected chi connectivity index (χ1v) is 7.87. The van der Waals surface area contributed by atoms with Gasteiger partial charge in [0.15, 0.2) is 0 Å². The highest BCUT2D eigenvalue weighted by Gasteiger charge is 2.47. The van der Waals surface area contributed by atoms with Gasteiger partial charge in [0, 0.05) is 24.6 Å². The number of nitrogens with one attached hydrogen (secondary N) is 2. The molecule has 3 fully saturated rings. The van der Waals surface area contributed by atoms with Gasteiger partial charge in [-0.15, -0.1) is 0 Å². The summed E-state index contributed by atoms with van der Waals surface area (Å²) in [5.74, 6) is 2.10. The Morgan fingerprint density at radius 2 is 1.95 bits per heavy atom. The number of carbonyl (C=O) groups excluding carboxylic acids is 1. The van der Waals surface area contributed by atoms with Crippen molar-refractivity contribution in [2.45, 2.75) is 57.5 Å². The zero-order valence-electron chi connectivity index (χ0n) is 11.8. The van der Waals surface area contributed by atoms with Crippen LogP contribution in [0, 0.1) is 23.7 Å². The van der Waals surface area contributed by atoms with E-state index in [1.165, 1.54) is 32.1 Å². The minimum Gasteiger partial charge on any atom is -0.396 e. The smallest absolute Gasteiger partial charge is 0.315 e. The Morgan fingerprint density at radius 1 is 1.16 bits per heavy atom. The summed E-state index contributed by atoms with van der Waals surface area (Å²) >= 11 is 0. The molecule has 0 heterocycles. The van der Waals surface area contributed by atoms with Crippen LogP contribution in [-0.2, 0) is 0 Å². The molecule has 0 spiro atoms. The molecule has 0 aliphatic heterocycles. The van der Waals surface area contributed by atoms with Gasteiger partial charge in [-0.1, -0.05) is 13.3 Å². The summed E-state index contributed by atoms with van der Waals surface area (Å²) in [6.07, 6.45) is 7.18. The van der Waals surface area contributed by atoms with Crippen molar-refractivity contribution in [3.05, 3.63) is 0 Å². The predicted molar refractivity (Wildman–Crippen MR) is 73.7 cm³/mol. The monoisotopic (exact) mass is 266 g/mol. The average molecular weight is 266 g/mol. The lowest BCUT2D eigenvalue weighted by atomic mass is 9.85. The molecule has 2 amide bonds. The molecule has 0 saturated heterocycles. The number of urea groups is 1. The fourth-order valence-corrected chi connectivity index (χ4v) is 4.62. The van der Waals surface area contributed by atoms with Gasteiger partial charge < -0.3 is 15.7 Å². The topological polar surface area (TPSA) is 61.4 Å². The van der Waals surface area contributed by atoms with Gasteiger partial charge >= 0.3 is 6.03 Å². The second kappa shape index (κ2) is 5.31. The fraction of sp³-hybridized carbons (Fsp3) is 0.933. The molecular weight excluding hydrogens is 240 g/mol. The number of carbonyl (C=O) groups is 1. The molecule has 0 aromatic heterocycles. The van der Waals surface area contributed by atoms with Crippen molar-refractivity contribution < 1.29 is 9.90 Å². The zero-order valence-corrected chi connectivity index (χ0v) is 11.8. The van der Waals surface area contributed by atoms with Crippen LogP contribution < -0.4 is 10.6 Å². The van der Waals surface area contributed by atoms with Crippen molar-refractivity contribution in [3.8, 4) is 0 Å². The van der Waals surface area contributed by atoms with Crippen LogP contribution in [0.1, 0.15) is 45.4 Å². The first kappa shape index (κ1) is 13.2. The predicted octanol–water partition coefficient (Wildman–Crippen LogP) is 1.88. The van der Waals surface area contributed by atoms with E-state index in [9.17, 15) is 9.90 Å². The molecule has 3 aliphatic rings. The summed E-state index contributed by atoms with van der Waals surface area (Å²) in [7, 11) is 0. The summed E-state index contributed by atoms with van der Waals surface area (Å²) in [6.45, 7) is 2.43. The summed E-state index contributed by atoms with van der Waals surface area (Å²) in [5.41, 5.74) is 0. The summed E-state index contributed by atoms with van der Waals surface area (Å²) in [4.78, 5) is 12.1. The van der Waals surface area contributed by atoms with Crippen molar-refractivity contribution in [2.24, 2.45) is 23.7 Å². The maximum Gasteiger partial charge on any atom is 0.315 e. The maximum absolute atomic E-state index is 12.1. The lowest BCUT2D eigenvalue weighted by molar-refractivity contribution is 0.143. The Balaban J connectivity index is 1.54. The largest absolute Gasteiger partial charge is 0.396 e. The standard InChI is InChI=1S/C15H26N2O2/c1-9-3-2-4-13(9)16-15(19)17-14-11-6-5-10(7-11)12(14)8-18/h9-14,18H,2-8H2,1H3,(H2,16,17,19). The molecule has 0 aromatic rings. The van der Waals surface area contributed by atoms with Crippen LogP contribution in [0.25, 0.3) is 0 Å². The summed E-state index contributed by atoms with van der Waals surface area (Å²) in [6, 6.07) is 0.515. The van der Waals surface area contributed by atoms with E-state index >= 15 is 0 Å². The minimum atomic E-state index is -0.0188. The molecule has 0 radical (unpaired) electrons. The van der Waals surface area contributed by atoms with Gasteiger partial charge in [-0.3, -0.25) is 0 Å². The molecule has 6 unspecified atom stereocenters. The summed E-state index contributed by atoms with van der Waals surface area (Å²) in [5, 5.41) is 15.8. The third-order valence-electron chi connectivity index (χ3n) is 5.77. The van der Waals surface area contributed by atoms with Gasteiger partial charge in [0.25, 0.3) is 0 Å². The Bertz CT molecular complexity index is 347. The van der Waals surface area contributed by atoms with Gasteiger partial charge in [-0.25, -0.2) is 4.79 Å². The van der Waals surface area contributed by atoms with E-state index in [-0.39, 0.29) is 24.6 Å². The molecule has 19 heavy (non-hydrogen) atoms. The molecule has 4 nitrogen and oxygen atoms in total. The number of fused-ring (bicyclic) bond motifs is 2. The van der Waals surface area contributed by atoms with E-state index in [1.54, 1.807) is 0 Å². The van der Waals surface area contributed by atoms with E-state index in [2.05, 4.69) is 17.6 Å². The van der Waals surface area contributed by atoms with Crippen molar-refractivity contribution in [3.63, 3.8) is 0 Å². The molecule has 3 N–H and O–H groups in total. The second-order valence-corrected chi connectivity index (χ2v) is 6.84. The number of hydrogen-bond donors (Lipinski definition) is 3. The third kappa shape index (κ3) is 2.47. The highest BCUT2D eigenvalue weighted by atomic mass is 16.3. The summed E-state index contributed by atoms with van der Waals surface area (Å²) < 4.78 is 0. The fourth-order valence-electron chi connectivity index (χ4n) is 4.62. The molecule has 4 heteroatoms. The highest BCUT2D eigenvalue weighted by Crippen LogP contribution is 2.48. The molecular formula is C15H26N2O2.